The minimum atomic E-state index is 0.0428. The Bertz CT molecular complexity index is 663. The lowest BCUT2D eigenvalue weighted by molar-refractivity contribution is 0.253. The van der Waals surface area contributed by atoms with Gasteiger partial charge < -0.3 is 4.98 Å². The van der Waals surface area contributed by atoms with Gasteiger partial charge in [-0.05, 0) is 12.0 Å². The van der Waals surface area contributed by atoms with Gasteiger partial charge in [0.2, 0.25) is 0 Å². The maximum absolute atomic E-state index is 12.1. The molecule has 1 aliphatic rings. The van der Waals surface area contributed by atoms with Crippen molar-refractivity contribution in [3.05, 3.63) is 63.3 Å². The molecule has 0 bridgehead atoms. The van der Waals surface area contributed by atoms with Crippen molar-refractivity contribution in [3.8, 4) is 0 Å². The molecule has 4 heteroatoms. The van der Waals surface area contributed by atoms with Gasteiger partial charge in [0.05, 0.1) is 11.3 Å². The SMILES string of the molecule is CCc1nc2c(c(=O)[nH]1)CN(CCc1ccccc1)CC2. The van der Waals surface area contributed by atoms with E-state index in [1.807, 2.05) is 13.0 Å². The van der Waals surface area contributed by atoms with E-state index in [1.54, 1.807) is 0 Å². The molecule has 1 aromatic carbocycles. The number of aromatic amines is 1. The fraction of sp³-hybridized carbons (Fsp3) is 0.412. The molecule has 3 rings (SSSR count). The summed E-state index contributed by atoms with van der Waals surface area (Å²) in [6, 6.07) is 10.5. The molecular formula is C17H21N3O. The molecule has 0 amide bonds. The van der Waals surface area contributed by atoms with Gasteiger partial charge in [-0.2, -0.15) is 0 Å². The highest BCUT2D eigenvalue weighted by Crippen LogP contribution is 2.14. The summed E-state index contributed by atoms with van der Waals surface area (Å²) in [4.78, 5) is 21.9. The summed E-state index contributed by atoms with van der Waals surface area (Å²) in [6.45, 7) is 4.70. The molecule has 0 saturated heterocycles. The molecule has 0 radical (unpaired) electrons. The van der Waals surface area contributed by atoms with Crippen molar-refractivity contribution in [1.82, 2.24) is 14.9 Å². The first kappa shape index (κ1) is 14.0. The number of hydrogen-bond donors (Lipinski definition) is 1. The number of aryl methyl sites for hydroxylation is 1. The number of fused-ring (bicyclic) bond motifs is 1. The van der Waals surface area contributed by atoms with Crippen LogP contribution in [-0.4, -0.2) is 28.0 Å². The topological polar surface area (TPSA) is 49.0 Å². The van der Waals surface area contributed by atoms with Gasteiger partial charge in [0, 0.05) is 32.5 Å². The molecule has 1 aliphatic heterocycles. The molecule has 0 spiro atoms. The minimum Gasteiger partial charge on any atom is -0.310 e. The predicted octanol–water partition coefficient (Wildman–Crippen LogP) is 1.93. The number of aromatic nitrogens is 2. The smallest absolute Gasteiger partial charge is 0.255 e. The Hall–Kier alpha value is -1.94. The van der Waals surface area contributed by atoms with Gasteiger partial charge >= 0.3 is 0 Å². The summed E-state index contributed by atoms with van der Waals surface area (Å²) in [5.74, 6) is 0.802. The second-order valence-corrected chi connectivity index (χ2v) is 5.55. The molecule has 1 N–H and O–H groups in total. The molecule has 2 aromatic rings. The molecular weight excluding hydrogens is 262 g/mol. The number of rotatable bonds is 4. The molecule has 0 saturated carbocycles. The summed E-state index contributed by atoms with van der Waals surface area (Å²) in [7, 11) is 0. The summed E-state index contributed by atoms with van der Waals surface area (Å²) in [6.07, 6.45) is 2.68. The normalized spacial score (nSPS) is 14.9. The van der Waals surface area contributed by atoms with Crippen molar-refractivity contribution in [2.75, 3.05) is 13.1 Å². The lowest BCUT2D eigenvalue weighted by atomic mass is 10.1. The standard InChI is InChI=1S/C17H21N3O/c1-2-16-18-15-9-11-20(12-14(15)17(21)19-16)10-8-13-6-4-3-5-7-13/h3-7H,2,8-12H2,1H3,(H,18,19,21). The van der Waals surface area contributed by atoms with Gasteiger partial charge in [0.15, 0.2) is 0 Å². The van der Waals surface area contributed by atoms with E-state index in [0.717, 1.165) is 49.4 Å². The largest absolute Gasteiger partial charge is 0.310 e. The summed E-state index contributed by atoms with van der Waals surface area (Å²) >= 11 is 0. The van der Waals surface area contributed by atoms with Crippen LogP contribution < -0.4 is 5.56 Å². The van der Waals surface area contributed by atoms with E-state index in [9.17, 15) is 4.79 Å². The van der Waals surface area contributed by atoms with Crippen LogP contribution in [0.5, 0.6) is 0 Å². The molecule has 21 heavy (non-hydrogen) atoms. The van der Waals surface area contributed by atoms with E-state index in [0.29, 0.717) is 6.54 Å². The van der Waals surface area contributed by atoms with Gasteiger partial charge in [0.1, 0.15) is 5.82 Å². The van der Waals surface area contributed by atoms with Crippen LogP contribution in [0.3, 0.4) is 0 Å². The van der Waals surface area contributed by atoms with Gasteiger partial charge in [-0.1, -0.05) is 37.3 Å². The monoisotopic (exact) mass is 283 g/mol. The number of benzene rings is 1. The first-order valence-corrected chi connectivity index (χ1v) is 7.63. The molecule has 0 aliphatic carbocycles. The maximum atomic E-state index is 12.1. The van der Waals surface area contributed by atoms with Crippen LogP contribution in [0.1, 0.15) is 29.6 Å². The van der Waals surface area contributed by atoms with Crippen molar-refractivity contribution in [2.24, 2.45) is 0 Å². The molecule has 4 nitrogen and oxygen atoms in total. The highest BCUT2D eigenvalue weighted by atomic mass is 16.1. The minimum absolute atomic E-state index is 0.0428. The number of H-pyrrole nitrogens is 1. The van der Waals surface area contributed by atoms with Gasteiger partial charge in [-0.3, -0.25) is 9.69 Å². The van der Waals surface area contributed by atoms with Gasteiger partial charge in [-0.25, -0.2) is 4.98 Å². The summed E-state index contributed by atoms with van der Waals surface area (Å²) < 4.78 is 0. The van der Waals surface area contributed by atoms with Crippen molar-refractivity contribution in [2.45, 2.75) is 32.7 Å². The van der Waals surface area contributed by atoms with Crippen molar-refractivity contribution in [1.29, 1.82) is 0 Å². The van der Waals surface area contributed by atoms with Crippen LogP contribution in [-0.2, 0) is 25.8 Å². The Morgan fingerprint density at radius 2 is 2.10 bits per heavy atom. The highest BCUT2D eigenvalue weighted by molar-refractivity contribution is 5.21. The van der Waals surface area contributed by atoms with Crippen LogP contribution in [0, 0.1) is 0 Å². The van der Waals surface area contributed by atoms with E-state index in [-0.39, 0.29) is 5.56 Å². The Labute approximate surface area is 124 Å². The second kappa shape index (κ2) is 6.22. The maximum Gasteiger partial charge on any atom is 0.255 e. The second-order valence-electron chi connectivity index (χ2n) is 5.55. The number of hydrogen-bond acceptors (Lipinski definition) is 3. The molecule has 2 heterocycles. The van der Waals surface area contributed by atoms with Crippen molar-refractivity contribution >= 4 is 0 Å². The lowest BCUT2D eigenvalue weighted by Gasteiger charge is -2.27. The van der Waals surface area contributed by atoms with Gasteiger partial charge in [-0.15, -0.1) is 0 Å². The highest BCUT2D eigenvalue weighted by Gasteiger charge is 2.20. The fourth-order valence-corrected chi connectivity index (χ4v) is 2.82. The molecule has 0 unspecified atom stereocenters. The van der Waals surface area contributed by atoms with Crippen molar-refractivity contribution in [3.63, 3.8) is 0 Å². The third-order valence-electron chi connectivity index (χ3n) is 4.09. The lowest BCUT2D eigenvalue weighted by Crippen LogP contribution is -2.37. The van der Waals surface area contributed by atoms with E-state index >= 15 is 0 Å². The Kier molecular flexibility index (Phi) is 4.15. The zero-order valence-corrected chi connectivity index (χ0v) is 12.4. The molecule has 0 atom stereocenters. The third kappa shape index (κ3) is 3.22. The van der Waals surface area contributed by atoms with Gasteiger partial charge in [0.25, 0.3) is 5.56 Å². The average Bonchev–Trinajstić information content (AvgIpc) is 2.54. The Balaban J connectivity index is 1.69. The summed E-state index contributed by atoms with van der Waals surface area (Å²) in [5, 5.41) is 0. The number of nitrogens with one attached hydrogen (secondary N) is 1. The third-order valence-corrected chi connectivity index (χ3v) is 4.09. The Morgan fingerprint density at radius 1 is 1.29 bits per heavy atom. The van der Waals surface area contributed by atoms with Crippen molar-refractivity contribution < 1.29 is 0 Å². The van der Waals surface area contributed by atoms with E-state index in [1.165, 1.54) is 5.56 Å². The first-order chi connectivity index (χ1) is 10.3. The predicted molar refractivity (Wildman–Crippen MR) is 83.4 cm³/mol. The molecule has 0 fully saturated rings. The van der Waals surface area contributed by atoms with Crippen LogP contribution in [0.15, 0.2) is 35.1 Å². The van der Waals surface area contributed by atoms with Crippen LogP contribution in [0.2, 0.25) is 0 Å². The average molecular weight is 283 g/mol. The van der Waals surface area contributed by atoms with E-state index in [4.69, 9.17) is 0 Å². The quantitative estimate of drug-likeness (QED) is 0.933. The zero-order chi connectivity index (χ0) is 14.7. The molecule has 1 aromatic heterocycles. The van der Waals surface area contributed by atoms with Crippen LogP contribution in [0.25, 0.3) is 0 Å². The Morgan fingerprint density at radius 3 is 2.86 bits per heavy atom. The molecule has 110 valence electrons. The zero-order valence-electron chi connectivity index (χ0n) is 12.4. The summed E-state index contributed by atoms with van der Waals surface area (Å²) in [5.41, 5.74) is 3.23. The van der Waals surface area contributed by atoms with Crippen LogP contribution in [0.4, 0.5) is 0 Å². The van der Waals surface area contributed by atoms with E-state index in [2.05, 4.69) is 39.1 Å². The van der Waals surface area contributed by atoms with Crippen LogP contribution >= 0.6 is 0 Å². The van der Waals surface area contributed by atoms with E-state index < -0.39 is 0 Å². The first-order valence-electron chi connectivity index (χ1n) is 7.63. The number of nitrogens with zero attached hydrogens (tertiary/aromatic N) is 2. The fourth-order valence-electron chi connectivity index (χ4n) is 2.82.